The molecular formula is C21H17N7O2. The highest BCUT2D eigenvalue weighted by Gasteiger charge is 2.07. The molecule has 0 aliphatic rings. The first-order valence-corrected chi connectivity index (χ1v) is 9.04. The summed E-state index contributed by atoms with van der Waals surface area (Å²) in [5.41, 5.74) is 2.46. The SMILES string of the molecule is Cc1cccc(-c2nccc(Nc3ccnc(Nc4ccc(C(=O)O)cc4)n3)n2)n1. The van der Waals surface area contributed by atoms with Crippen LogP contribution in [0.5, 0.6) is 0 Å². The summed E-state index contributed by atoms with van der Waals surface area (Å²) in [6.07, 6.45) is 3.26. The van der Waals surface area contributed by atoms with Gasteiger partial charge >= 0.3 is 5.97 Å². The molecule has 0 radical (unpaired) electrons. The van der Waals surface area contributed by atoms with E-state index in [2.05, 4.69) is 35.6 Å². The monoisotopic (exact) mass is 399 g/mol. The Morgan fingerprint density at radius 2 is 1.57 bits per heavy atom. The van der Waals surface area contributed by atoms with Crippen molar-refractivity contribution in [2.24, 2.45) is 0 Å². The third kappa shape index (κ3) is 4.53. The van der Waals surface area contributed by atoms with E-state index in [9.17, 15) is 4.79 Å². The minimum absolute atomic E-state index is 0.208. The minimum atomic E-state index is -0.978. The first-order valence-electron chi connectivity index (χ1n) is 9.04. The normalized spacial score (nSPS) is 10.4. The summed E-state index contributed by atoms with van der Waals surface area (Å²) < 4.78 is 0. The van der Waals surface area contributed by atoms with Gasteiger partial charge in [0.1, 0.15) is 17.3 Å². The lowest BCUT2D eigenvalue weighted by molar-refractivity contribution is 0.0697. The van der Waals surface area contributed by atoms with E-state index in [1.54, 1.807) is 36.7 Å². The average Bonchev–Trinajstić information content (AvgIpc) is 2.75. The van der Waals surface area contributed by atoms with Crippen LogP contribution in [0.15, 0.2) is 67.0 Å². The summed E-state index contributed by atoms with van der Waals surface area (Å²) >= 11 is 0. The van der Waals surface area contributed by atoms with Crippen molar-refractivity contribution < 1.29 is 9.90 Å². The zero-order valence-corrected chi connectivity index (χ0v) is 15.9. The van der Waals surface area contributed by atoms with E-state index < -0.39 is 5.97 Å². The lowest BCUT2D eigenvalue weighted by atomic mass is 10.2. The number of benzene rings is 1. The molecule has 0 aliphatic heterocycles. The molecule has 0 saturated carbocycles. The lowest BCUT2D eigenvalue weighted by Crippen LogP contribution is -2.03. The van der Waals surface area contributed by atoms with Gasteiger partial charge in [0.15, 0.2) is 5.82 Å². The Hall–Kier alpha value is -4.40. The minimum Gasteiger partial charge on any atom is -0.478 e. The van der Waals surface area contributed by atoms with Crippen LogP contribution in [0, 0.1) is 6.92 Å². The molecule has 0 atom stereocenters. The largest absolute Gasteiger partial charge is 0.478 e. The molecule has 30 heavy (non-hydrogen) atoms. The number of aromatic nitrogens is 5. The van der Waals surface area contributed by atoms with Gasteiger partial charge in [0.25, 0.3) is 0 Å². The van der Waals surface area contributed by atoms with Gasteiger partial charge in [0, 0.05) is 23.8 Å². The van der Waals surface area contributed by atoms with Gasteiger partial charge in [-0.25, -0.2) is 24.7 Å². The number of hydrogen-bond acceptors (Lipinski definition) is 8. The molecular weight excluding hydrogens is 382 g/mol. The molecule has 0 aliphatic carbocycles. The van der Waals surface area contributed by atoms with Crippen molar-refractivity contribution >= 4 is 29.2 Å². The Kier molecular flexibility index (Phi) is 5.25. The Labute approximate surface area is 171 Å². The number of nitrogens with one attached hydrogen (secondary N) is 2. The van der Waals surface area contributed by atoms with Crippen LogP contribution in [0.25, 0.3) is 11.5 Å². The van der Waals surface area contributed by atoms with Crippen LogP contribution < -0.4 is 10.6 Å². The highest BCUT2D eigenvalue weighted by molar-refractivity contribution is 5.88. The zero-order valence-electron chi connectivity index (χ0n) is 15.9. The van der Waals surface area contributed by atoms with Gasteiger partial charge in [-0.05, 0) is 55.5 Å². The number of carboxylic acids is 1. The van der Waals surface area contributed by atoms with Crippen LogP contribution in [0.1, 0.15) is 16.1 Å². The molecule has 0 amide bonds. The fourth-order valence-corrected chi connectivity index (χ4v) is 2.66. The topological polar surface area (TPSA) is 126 Å². The van der Waals surface area contributed by atoms with Crippen LogP contribution >= 0.6 is 0 Å². The standard InChI is InChI=1S/C21H17N7O2/c1-13-3-2-4-16(24-13)19-22-11-9-17(27-19)26-18-10-12-23-21(28-18)25-15-7-5-14(6-8-15)20(29)30/h2-12H,1H3,(H,29,30)(H2,22,23,25,26,27,28). The summed E-state index contributed by atoms with van der Waals surface area (Å²) in [5, 5.41) is 15.2. The second kappa shape index (κ2) is 8.31. The molecule has 0 saturated heterocycles. The van der Waals surface area contributed by atoms with Crippen molar-refractivity contribution in [3.8, 4) is 11.5 Å². The van der Waals surface area contributed by atoms with E-state index in [-0.39, 0.29) is 5.56 Å². The number of aryl methyl sites for hydroxylation is 1. The Morgan fingerprint density at radius 3 is 2.30 bits per heavy atom. The van der Waals surface area contributed by atoms with Crippen LogP contribution in [0.4, 0.5) is 23.3 Å². The summed E-state index contributed by atoms with van der Waals surface area (Å²) in [5.74, 6) is 0.997. The maximum atomic E-state index is 11.0. The molecule has 3 heterocycles. The number of anilines is 4. The summed E-state index contributed by atoms with van der Waals surface area (Å²) in [6, 6.07) is 15.4. The molecule has 0 fully saturated rings. The number of pyridine rings is 1. The van der Waals surface area contributed by atoms with Crippen molar-refractivity contribution in [2.45, 2.75) is 6.92 Å². The van der Waals surface area contributed by atoms with Crippen molar-refractivity contribution in [1.82, 2.24) is 24.9 Å². The molecule has 4 aromatic rings. The molecule has 3 aromatic heterocycles. The number of hydrogen-bond donors (Lipinski definition) is 3. The second-order valence-electron chi connectivity index (χ2n) is 6.33. The van der Waals surface area contributed by atoms with E-state index >= 15 is 0 Å². The van der Waals surface area contributed by atoms with Crippen LogP contribution in [0.3, 0.4) is 0 Å². The number of aromatic carboxylic acids is 1. The van der Waals surface area contributed by atoms with E-state index in [1.165, 1.54) is 12.1 Å². The van der Waals surface area contributed by atoms with Crippen LogP contribution in [-0.4, -0.2) is 36.0 Å². The van der Waals surface area contributed by atoms with Crippen molar-refractivity contribution in [1.29, 1.82) is 0 Å². The maximum absolute atomic E-state index is 11.0. The zero-order chi connectivity index (χ0) is 20.9. The summed E-state index contributed by atoms with van der Waals surface area (Å²) in [7, 11) is 0. The molecule has 9 heteroatoms. The Bertz CT molecular complexity index is 1200. The Balaban J connectivity index is 1.51. The number of carboxylic acid groups (broad SMARTS) is 1. The van der Waals surface area contributed by atoms with Gasteiger partial charge in [0.05, 0.1) is 5.56 Å². The van der Waals surface area contributed by atoms with Gasteiger partial charge in [-0.1, -0.05) is 6.07 Å². The molecule has 0 unspecified atom stereocenters. The van der Waals surface area contributed by atoms with Gasteiger partial charge in [-0.3, -0.25) is 0 Å². The average molecular weight is 399 g/mol. The second-order valence-corrected chi connectivity index (χ2v) is 6.33. The first kappa shape index (κ1) is 18.9. The van der Waals surface area contributed by atoms with Crippen molar-refractivity contribution in [3.05, 3.63) is 78.2 Å². The molecule has 0 spiro atoms. The summed E-state index contributed by atoms with van der Waals surface area (Å²) in [6.45, 7) is 1.91. The highest BCUT2D eigenvalue weighted by atomic mass is 16.4. The summed E-state index contributed by atoms with van der Waals surface area (Å²) in [4.78, 5) is 32.8. The molecule has 148 valence electrons. The predicted molar refractivity (Wildman–Crippen MR) is 112 cm³/mol. The van der Waals surface area contributed by atoms with E-state index in [1.807, 2.05) is 25.1 Å². The fourth-order valence-electron chi connectivity index (χ4n) is 2.66. The molecule has 4 rings (SSSR count). The van der Waals surface area contributed by atoms with Crippen LogP contribution in [-0.2, 0) is 0 Å². The third-order valence-electron chi connectivity index (χ3n) is 4.07. The maximum Gasteiger partial charge on any atom is 0.335 e. The number of rotatable bonds is 6. The lowest BCUT2D eigenvalue weighted by Gasteiger charge is -2.09. The molecule has 9 nitrogen and oxygen atoms in total. The predicted octanol–water partition coefficient (Wildman–Crippen LogP) is 3.82. The molecule has 1 aromatic carbocycles. The molecule has 3 N–H and O–H groups in total. The quantitative estimate of drug-likeness (QED) is 0.443. The van der Waals surface area contributed by atoms with Gasteiger partial charge in [-0.15, -0.1) is 0 Å². The van der Waals surface area contributed by atoms with Crippen molar-refractivity contribution in [3.63, 3.8) is 0 Å². The van der Waals surface area contributed by atoms with Gasteiger partial charge in [0.2, 0.25) is 5.95 Å². The number of carbonyl (C=O) groups is 1. The fraction of sp³-hybridized carbons (Fsp3) is 0.0476. The smallest absolute Gasteiger partial charge is 0.335 e. The van der Waals surface area contributed by atoms with Crippen molar-refractivity contribution in [2.75, 3.05) is 10.6 Å². The van der Waals surface area contributed by atoms with E-state index in [4.69, 9.17) is 5.11 Å². The highest BCUT2D eigenvalue weighted by Crippen LogP contribution is 2.19. The van der Waals surface area contributed by atoms with E-state index in [0.717, 1.165) is 5.69 Å². The van der Waals surface area contributed by atoms with E-state index in [0.29, 0.717) is 34.8 Å². The Morgan fingerprint density at radius 1 is 0.833 bits per heavy atom. The van der Waals surface area contributed by atoms with Crippen LogP contribution in [0.2, 0.25) is 0 Å². The molecule has 0 bridgehead atoms. The number of nitrogens with zero attached hydrogens (tertiary/aromatic N) is 5. The third-order valence-corrected chi connectivity index (χ3v) is 4.07. The first-order chi connectivity index (χ1) is 14.6. The van der Waals surface area contributed by atoms with Gasteiger partial charge in [-0.2, -0.15) is 4.98 Å². The van der Waals surface area contributed by atoms with Gasteiger partial charge < -0.3 is 15.7 Å².